The number of quaternary nitrogens is 1. The third-order valence-electron chi connectivity index (χ3n) is 6.29. The van der Waals surface area contributed by atoms with Gasteiger partial charge in [0.2, 0.25) is 0 Å². The van der Waals surface area contributed by atoms with Gasteiger partial charge in [-0.3, -0.25) is 9.59 Å². The summed E-state index contributed by atoms with van der Waals surface area (Å²) in [4.78, 5) is 24.5. The van der Waals surface area contributed by atoms with Crippen LogP contribution in [0.15, 0.2) is 0 Å². The van der Waals surface area contributed by atoms with Crippen molar-refractivity contribution in [3.05, 3.63) is 0 Å². The lowest BCUT2D eigenvalue weighted by Gasteiger charge is -2.33. The van der Waals surface area contributed by atoms with Crippen molar-refractivity contribution >= 4 is 11.9 Å². The van der Waals surface area contributed by atoms with E-state index in [9.17, 15) is 88.6 Å². The first kappa shape index (κ1) is 45.6. The van der Waals surface area contributed by atoms with E-state index in [0.717, 1.165) is 0 Å². The van der Waals surface area contributed by atoms with Crippen molar-refractivity contribution in [2.24, 2.45) is 5.92 Å². The molecule has 0 aromatic rings. The Balaban J connectivity index is 5.35. The maximum atomic E-state index is 13.7. The van der Waals surface area contributed by atoms with E-state index in [1.807, 2.05) is 0 Å². The Morgan fingerprint density at radius 1 is 0.604 bits per heavy atom. The molecule has 24 heteroatoms. The van der Waals surface area contributed by atoms with Crippen LogP contribution in [0.1, 0.15) is 32.1 Å². The molecule has 1 atom stereocenters. The average Bonchev–Trinajstić information content (AvgIpc) is 2.88. The van der Waals surface area contributed by atoms with Crippen LogP contribution < -0.4 is 5.32 Å². The van der Waals surface area contributed by atoms with E-state index in [1.54, 1.807) is 21.1 Å². The zero-order valence-electron chi connectivity index (χ0n) is 25.0. The number of ether oxygens (including phenoxy) is 2. The van der Waals surface area contributed by atoms with Crippen LogP contribution in [0.3, 0.4) is 0 Å². The molecule has 0 spiro atoms. The van der Waals surface area contributed by atoms with Gasteiger partial charge in [-0.1, -0.05) is 0 Å². The van der Waals surface area contributed by atoms with Gasteiger partial charge in [0.05, 0.1) is 53.2 Å². The Kier molecular flexibility index (Phi) is 14.9. The fourth-order valence-electron chi connectivity index (χ4n) is 3.38. The first-order valence-electron chi connectivity index (χ1n) is 13.3. The Hall–Kier alpha value is -2.40. The molecule has 0 aliphatic rings. The smallest absolute Gasteiger partial charge is 0.460 e. The molecule has 0 saturated carbocycles. The Labute approximate surface area is 260 Å². The molecule has 1 unspecified atom stereocenters. The lowest BCUT2D eigenvalue weighted by molar-refractivity contribution is -0.869. The number of hydrogen-bond acceptors (Lipinski definition) is 5. The van der Waals surface area contributed by atoms with Crippen LogP contribution in [0.2, 0.25) is 0 Å². The second-order valence-corrected chi connectivity index (χ2v) is 11.4. The molecule has 286 valence electrons. The molecule has 1 N–H and O–H groups in total. The van der Waals surface area contributed by atoms with Crippen molar-refractivity contribution in [3.63, 3.8) is 0 Å². The summed E-state index contributed by atoms with van der Waals surface area (Å²) >= 11 is 0. The van der Waals surface area contributed by atoms with Crippen LogP contribution in [0.4, 0.5) is 79.0 Å². The number of nitrogens with zero attached hydrogens (tertiary/aromatic N) is 1. The van der Waals surface area contributed by atoms with Crippen LogP contribution in [0.5, 0.6) is 0 Å². The maximum absolute atomic E-state index is 13.7. The summed E-state index contributed by atoms with van der Waals surface area (Å²) in [6.45, 7) is -2.58. The minimum absolute atomic E-state index is 0.114. The maximum Gasteiger partial charge on any atom is 0.460 e. The number of rotatable bonds is 20. The minimum Gasteiger partial charge on any atom is -0.466 e. The quantitative estimate of drug-likeness (QED) is 0.0637. The Bertz CT molecular complexity index is 1060. The minimum atomic E-state index is -7.14. The molecule has 0 bridgehead atoms. The van der Waals surface area contributed by atoms with Crippen LogP contribution in [-0.2, 0) is 19.1 Å². The van der Waals surface area contributed by atoms with Gasteiger partial charge in [0, 0.05) is 25.9 Å². The summed E-state index contributed by atoms with van der Waals surface area (Å²) in [5.41, 5.74) is 0. The molecule has 0 radical (unpaired) electrons. The largest absolute Gasteiger partial charge is 0.466 e. The number of hydrogen-bond donors (Lipinski definition) is 1. The molecule has 0 aromatic heterocycles. The molecule has 0 heterocycles. The topological polar surface area (TPSA) is 64.6 Å². The highest BCUT2D eigenvalue weighted by atomic mass is 19.4. The second kappa shape index (κ2) is 15.7. The first-order valence-corrected chi connectivity index (χ1v) is 13.3. The number of carbonyl (C=O) groups is 2. The first-order chi connectivity index (χ1) is 21.1. The van der Waals surface area contributed by atoms with E-state index in [4.69, 9.17) is 0 Å². The summed E-state index contributed by atoms with van der Waals surface area (Å²) in [6.07, 6.45) is -22.7. The van der Waals surface area contributed by atoms with Crippen LogP contribution in [0, 0.1) is 5.92 Å². The van der Waals surface area contributed by atoms with Gasteiger partial charge in [-0.15, -0.1) is 0 Å². The van der Waals surface area contributed by atoms with Crippen molar-refractivity contribution < 1.29 is 103 Å². The summed E-state index contributed by atoms with van der Waals surface area (Å²) in [5, 5.41) is 2.64. The molecule has 48 heavy (non-hydrogen) atoms. The molecule has 0 rings (SSSR count). The van der Waals surface area contributed by atoms with Crippen LogP contribution in [-0.4, -0.2) is 118 Å². The molecule has 0 saturated heterocycles. The molecule has 0 fully saturated rings. The van der Waals surface area contributed by atoms with Gasteiger partial charge in [-0.25, -0.2) is 0 Å². The SMILES string of the molecule is C[N+](C)(C)CCNCC(CC(=O)OCCCC(F)(F)C(F)(F)C(F)(F)C(F)(F)F)C(=O)OCCCC(F)(F)C(F)(F)C(F)(F)C(F)(F)F. The van der Waals surface area contributed by atoms with Gasteiger partial charge in [-0.05, 0) is 12.8 Å². The summed E-state index contributed by atoms with van der Waals surface area (Å²) in [7, 11) is 5.16. The zero-order valence-corrected chi connectivity index (χ0v) is 25.0. The van der Waals surface area contributed by atoms with Gasteiger partial charge in [0.15, 0.2) is 0 Å². The number of alkyl halides is 18. The third kappa shape index (κ3) is 11.3. The Morgan fingerprint density at radius 2 is 0.979 bits per heavy atom. The highest BCUT2D eigenvalue weighted by Gasteiger charge is 2.82. The van der Waals surface area contributed by atoms with Gasteiger partial charge in [0.1, 0.15) is 0 Å². The molecule has 0 aromatic carbocycles. The summed E-state index contributed by atoms with van der Waals surface area (Å²) in [6, 6.07) is 0. The second-order valence-electron chi connectivity index (χ2n) is 11.4. The monoisotopic (exact) mass is 753 g/mol. The normalized spacial score (nSPS) is 15.4. The van der Waals surface area contributed by atoms with Crippen molar-refractivity contribution in [3.8, 4) is 0 Å². The standard InChI is InChI=1S/C24H31F18N2O4/c1-44(2,3)9-8-43-13-14(16(46)48-11-5-7-18(27,28)20(31,32)22(35,36)24(40,41)42)12-15(45)47-10-4-6-17(25,26)19(29,30)21(33,34)23(37,38)39/h14,43H,4-13H2,1-3H3/q+1. The van der Waals surface area contributed by atoms with E-state index in [-0.39, 0.29) is 6.54 Å². The van der Waals surface area contributed by atoms with Gasteiger partial charge in [0.25, 0.3) is 0 Å². The van der Waals surface area contributed by atoms with Crippen LogP contribution in [0.25, 0.3) is 0 Å². The summed E-state index contributed by atoms with van der Waals surface area (Å²) in [5.74, 6) is -44.7. The van der Waals surface area contributed by atoms with E-state index < -0.39 is 118 Å². The lowest BCUT2D eigenvalue weighted by Crippen LogP contribution is -2.60. The number of nitrogens with one attached hydrogen (secondary N) is 1. The number of halogens is 18. The molecule has 0 aliphatic heterocycles. The molecule has 0 aliphatic carbocycles. The Morgan fingerprint density at radius 3 is 1.33 bits per heavy atom. The molecular formula is C24H31F18N2O4+. The van der Waals surface area contributed by atoms with Crippen LogP contribution >= 0.6 is 0 Å². The van der Waals surface area contributed by atoms with Crippen molar-refractivity contribution in [1.29, 1.82) is 0 Å². The van der Waals surface area contributed by atoms with Crippen molar-refractivity contribution in [1.82, 2.24) is 5.32 Å². The van der Waals surface area contributed by atoms with E-state index in [0.29, 0.717) is 11.0 Å². The zero-order chi connectivity index (χ0) is 38.4. The lowest BCUT2D eigenvalue weighted by atomic mass is 10.00. The van der Waals surface area contributed by atoms with E-state index in [2.05, 4.69) is 14.8 Å². The van der Waals surface area contributed by atoms with Crippen molar-refractivity contribution in [2.45, 2.75) is 80.0 Å². The highest BCUT2D eigenvalue weighted by molar-refractivity contribution is 5.80. The van der Waals surface area contributed by atoms with E-state index >= 15 is 0 Å². The number of esters is 2. The predicted molar refractivity (Wildman–Crippen MR) is 126 cm³/mol. The fraction of sp³-hybridized carbons (Fsp3) is 0.917. The highest BCUT2D eigenvalue weighted by Crippen LogP contribution is 2.55. The molecule has 0 amide bonds. The van der Waals surface area contributed by atoms with E-state index in [1.165, 1.54) is 0 Å². The fourth-order valence-corrected chi connectivity index (χ4v) is 3.38. The average molecular weight is 753 g/mol. The van der Waals surface area contributed by atoms with Gasteiger partial charge in [-0.2, -0.15) is 79.0 Å². The number of likely N-dealkylation sites (N-methyl/N-ethyl adjacent to an activating group) is 1. The molecular weight excluding hydrogens is 722 g/mol. The van der Waals surface area contributed by atoms with Gasteiger partial charge >= 0.3 is 59.8 Å². The predicted octanol–water partition coefficient (Wildman–Crippen LogP) is 6.87. The molecule has 6 nitrogen and oxygen atoms in total. The summed E-state index contributed by atoms with van der Waals surface area (Å²) < 4.78 is 242. The third-order valence-corrected chi connectivity index (χ3v) is 6.29. The van der Waals surface area contributed by atoms with Gasteiger partial charge < -0.3 is 19.3 Å². The number of carbonyl (C=O) groups excluding carboxylic acids is 2. The van der Waals surface area contributed by atoms with Crippen molar-refractivity contribution in [2.75, 3.05) is 54.0 Å².